The van der Waals surface area contributed by atoms with E-state index in [0.29, 0.717) is 42.2 Å². The minimum absolute atomic E-state index is 0.0300. The number of rotatable bonds is 14. The second-order valence-electron chi connectivity index (χ2n) is 22.2. The number of amides is 3. The van der Waals surface area contributed by atoms with Crippen LogP contribution in [0.5, 0.6) is 0 Å². The van der Waals surface area contributed by atoms with Gasteiger partial charge < -0.3 is 29.9 Å². The van der Waals surface area contributed by atoms with Crippen molar-refractivity contribution in [1.29, 1.82) is 0 Å². The Kier molecular flexibility index (Phi) is 20.8. The molecule has 6 aromatic rings. The standard InChI is InChI=1S/C33H37F2N3O4.C31H35F2N3O3/c1-22(39)37-15-16-38(32(41)42-33(2,3)4)29(21-37)31(40)28(19-23-17-26(34)20-27(35)18-23)36-30(24-11-7-5-8-12-24)25-13-9-6-10-14-25;1-31(2,3)39-30(38)36-15-14-34-20-27(36)29(37)26(18-21-16-24(32)19-25(33)17-21)35-28(22-10-6-4-7-11-22)23-12-8-5-9-13-23/h5-14,17-18,20,28-29,31,40H,15-16,19,21H2,1-4H3;4-13,16-17,19,26-27,29,34,37H,14-15,18,20H2,1-3H3/t28-,29+,31-;26-,27+,29-/m00/s1. The quantitative estimate of drug-likeness (QED) is 0.0719. The van der Waals surface area contributed by atoms with Gasteiger partial charge in [-0.1, -0.05) is 121 Å². The summed E-state index contributed by atoms with van der Waals surface area (Å²) in [5, 5.41) is 27.1. The topological polar surface area (TPSA) is 157 Å². The summed E-state index contributed by atoms with van der Waals surface area (Å²) in [7, 11) is 0. The maximum atomic E-state index is 14.2. The zero-order valence-electron chi connectivity index (χ0n) is 46.8. The highest BCUT2D eigenvalue weighted by Crippen LogP contribution is 2.27. The highest BCUT2D eigenvalue weighted by molar-refractivity contribution is 6.13. The Labute approximate surface area is 472 Å². The van der Waals surface area contributed by atoms with Gasteiger partial charge >= 0.3 is 12.2 Å². The van der Waals surface area contributed by atoms with Gasteiger partial charge in [-0.15, -0.1) is 0 Å². The molecule has 0 aromatic heterocycles. The molecule has 3 amide bonds. The molecule has 2 aliphatic rings. The molecule has 2 fully saturated rings. The molecule has 0 aliphatic carbocycles. The van der Waals surface area contributed by atoms with Crippen LogP contribution in [0.1, 0.15) is 81.8 Å². The van der Waals surface area contributed by atoms with Crippen LogP contribution in [0, 0.1) is 23.3 Å². The molecule has 0 unspecified atom stereocenters. The Balaban J connectivity index is 0.000000234. The number of hydrogen-bond acceptors (Lipinski definition) is 10. The van der Waals surface area contributed by atoms with Gasteiger partial charge in [-0.05, 0) is 89.8 Å². The fourth-order valence-electron chi connectivity index (χ4n) is 9.80. The number of aliphatic imine (C=N–C) groups is 2. The molecule has 81 heavy (non-hydrogen) atoms. The van der Waals surface area contributed by atoms with Crippen molar-refractivity contribution in [3.05, 3.63) is 214 Å². The van der Waals surface area contributed by atoms with Crippen molar-refractivity contribution >= 4 is 29.5 Å². The predicted molar refractivity (Wildman–Crippen MR) is 305 cm³/mol. The summed E-state index contributed by atoms with van der Waals surface area (Å²) in [6.07, 6.45) is -3.62. The summed E-state index contributed by atoms with van der Waals surface area (Å²) < 4.78 is 68.0. The number of carbonyl (C=O) groups is 3. The van der Waals surface area contributed by atoms with Gasteiger partial charge in [0.15, 0.2) is 0 Å². The number of aliphatic hydroxyl groups is 2. The van der Waals surface area contributed by atoms with Gasteiger partial charge in [0, 0.05) is 80.6 Å². The van der Waals surface area contributed by atoms with E-state index in [2.05, 4.69) is 5.32 Å². The van der Waals surface area contributed by atoms with E-state index in [9.17, 15) is 42.2 Å². The molecule has 2 aliphatic heterocycles. The van der Waals surface area contributed by atoms with Gasteiger partial charge in [0.2, 0.25) is 5.91 Å². The molecular formula is C64H72F4N6O7. The van der Waals surface area contributed by atoms with E-state index in [4.69, 9.17) is 19.5 Å². The highest BCUT2D eigenvalue weighted by atomic mass is 19.1. The maximum absolute atomic E-state index is 14.2. The second-order valence-corrected chi connectivity index (χ2v) is 22.2. The molecule has 0 radical (unpaired) electrons. The van der Waals surface area contributed by atoms with Crippen molar-refractivity contribution < 1.29 is 51.6 Å². The third-order valence-corrected chi connectivity index (χ3v) is 13.5. The van der Waals surface area contributed by atoms with E-state index >= 15 is 0 Å². The van der Waals surface area contributed by atoms with Crippen LogP contribution in [0.2, 0.25) is 0 Å². The molecule has 0 saturated carbocycles. The van der Waals surface area contributed by atoms with E-state index in [1.54, 1.807) is 46.4 Å². The smallest absolute Gasteiger partial charge is 0.410 e. The molecule has 6 aromatic carbocycles. The normalized spacial score (nSPS) is 17.1. The van der Waals surface area contributed by atoms with Gasteiger partial charge in [-0.2, -0.15) is 0 Å². The van der Waals surface area contributed by atoms with Crippen LogP contribution in [-0.2, 0) is 27.1 Å². The molecule has 6 atom stereocenters. The summed E-state index contributed by atoms with van der Waals surface area (Å²) in [5.74, 6) is -3.10. The lowest BCUT2D eigenvalue weighted by atomic mass is 9.93. The Morgan fingerprint density at radius 1 is 0.543 bits per heavy atom. The average Bonchev–Trinajstić information content (AvgIpc) is 3.42. The SMILES string of the molecule is CC(=O)N1CCN(C(=O)OC(C)(C)C)[C@@H]([C@@H](O)[C@H](Cc2cc(F)cc(F)c2)N=C(c2ccccc2)c2ccccc2)C1.CC(C)(C)OC(=O)N1CCNC[C@@H]1[C@@H](O)[C@H](Cc1cc(F)cc(F)c1)N=C(c1ccccc1)c1ccccc1. The molecule has 2 heterocycles. The molecule has 0 spiro atoms. The maximum Gasteiger partial charge on any atom is 0.410 e. The summed E-state index contributed by atoms with van der Waals surface area (Å²) in [6, 6.07) is 41.0. The van der Waals surface area contributed by atoms with Crippen molar-refractivity contribution in [2.24, 2.45) is 9.98 Å². The van der Waals surface area contributed by atoms with Crippen LogP contribution in [0.25, 0.3) is 0 Å². The third kappa shape index (κ3) is 17.6. The summed E-state index contributed by atoms with van der Waals surface area (Å²) in [4.78, 5) is 53.3. The average molecular weight is 1110 g/mol. The Morgan fingerprint density at radius 2 is 0.889 bits per heavy atom. The molecule has 17 heteroatoms. The van der Waals surface area contributed by atoms with Crippen molar-refractivity contribution in [3.63, 3.8) is 0 Å². The zero-order chi connectivity index (χ0) is 58.4. The summed E-state index contributed by atoms with van der Waals surface area (Å²) >= 11 is 0. The fraction of sp³-hybridized carbons (Fsp3) is 0.359. The highest BCUT2D eigenvalue weighted by Gasteiger charge is 2.42. The fourth-order valence-corrected chi connectivity index (χ4v) is 9.80. The zero-order valence-corrected chi connectivity index (χ0v) is 46.8. The van der Waals surface area contributed by atoms with Gasteiger partial charge in [-0.3, -0.25) is 24.6 Å². The van der Waals surface area contributed by atoms with Gasteiger partial charge in [0.1, 0.15) is 34.5 Å². The van der Waals surface area contributed by atoms with Crippen molar-refractivity contribution in [3.8, 4) is 0 Å². The number of hydrogen-bond donors (Lipinski definition) is 3. The molecule has 8 rings (SSSR count). The van der Waals surface area contributed by atoms with E-state index in [1.807, 2.05) is 121 Å². The van der Waals surface area contributed by atoms with Crippen LogP contribution in [0.4, 0.5) is 27.2 Å². The second kappa shape index (κ2) is 27.6. The monoisotopic (exact) mass is 1110 g/mol. The Bertz CT molecular complexity index is 2980. The number of ether oxygens (including phenoxy) is 2. The first-order valence-corrected chi connectivity index (χ1v) is 27.1. The molecule has 428 valence electrons. The van der Waals surface area contributed by atoms with Crippen molar-refractivity contribution in [2.75, 3.05) is 39.3 Å². The van der Waals surface area contributed by atoms with Gasteiger partial charge in [0.05, 0.1) is 47.8 Å². The number of nitrogens with zero attached hydrogens (tertiary/aromatic N) is 5. The molecule has 13 nitrogen and oxygen atoms in total. The minimum Gasteiger partial charge on any atom is -0.444 e. The number of halogens is 4. The Morgan fingerprint density at radius 3 is 1.23 bits per heavy atom. The largest absolute Gasteiger partial charge is 0.444 e. The van der Waals surface area contributed by atoms with Gasteiger partial charge in [0.25, 0.3) is 0 Å². The van der Waals surface area contributed by atoms with Crippen LogP contribution >= 0.6 is 0 Å². The number of benzene rings is 6. The third-order valence-electron chi connectivity index (χ3n) is 13.5. The lowest BCUT2D eigenvalue weighted by Crippen LogP contribution is -2.62. The predicted octanol–water partition coefficient (Wildman–Crippen LogP) is 10.2. The number of aliphatic hydroxyl groups excluding tert-OH is 2. The van der Waals surface area contributed by atoms with Gasteiger partial charge in [-0.25, -0.2) is 27.2 Å². The lowest BCUT2D eigenvalue weighted by molar-refractivity contribution is -0.133. The van der Waals surface area contributed by atoms with E-state index in [0.717, 1.165) is 34.4 Å². The molecule has 0 bridgehead atoms. The lowest BCUT2D eigenvalue weighted by Gasteiger charge is -2.44. The van der Waals surface area contributed by atoms with Crippen molar-refractivity contribution in [1.82, 2.24) is 20.0 Å². The Hall–Kier alpha value is -7.73. The number of nitrogens with one attached hydrogen (secondary N) is 1. The van der Waals surface area contributed by atoms with Crippen molar-refractivity contribution in [2.45, 2.75) is 109 Å². The summed E-state index contributed by atoms with van der Waals surface area (Å²) in [6.45, 7) is 13.7. The summed E-state index contributed by atoms with van der Waals surface area (Å²) in [5.41, 5.74) is 3.58. The molecule has 3 N–H and O–H groups in total. The van der Waals surface area contributed by atoms with Crippen LogP contribution in [-0.4, -0.2) is 141 Å². The number of carbonyl (C=O) groups excluding carboxylic acids is 3. The van der Waals surface area contributed by atoms with Crippen LogP contribution < -0.4 is 5.32 Å². The first-order chi connectivity index (χ1) is 38.5. The van der Waals surface area contributed by atoms with E-state index < -0.39 is 83.0 Å². The first-order valence-electron chi connectivity index (χ1n) is 27.1. The number of piperazine rings is 2. The molecular weight excluding hydrogens is 1040 g/mol. The van der Waals surface area contributed by atoms with Crippen LogP contribution in [0.3, 0.4) is 0 Å². The van der Waals surface area contributed by atoms with E-state index in [1.165, 1.54) is 41.0 Å². The minimum atomic E-state index is -1.33. The molecule has 2 saturated heterocycles. The van der Waals surface area contributed by atoms with E-state index in [-0.39, 0.29) is 38.4 Å². The first kappa shape index (κ1) is 60.9. The van der Waals surface area contributed by atoms with Crippen LogP contribution in [0.15, 0.2) is 168 Å².